The highest BCUT2D eigenvalue weighted by Gasteiger charge is 2.27. The summed E-state index contributed by atoms with van der Waals surface area (Å²) in [6.07, 6.45) is 3.46. The average molecular weight is 226 g/mol. The summed E-state index contributed by atoms with van der Waals surface area (Å²) in [6.45, 7) is 1.57. The van der Waals surface area contributed by atoms with Gasteiger partial charge >= 0.3 is 0 Å². The summed E-state index contributed by atoms with van der Waals surface area (Å²) in [5.41, 5.74) is 0. The Bertz CT molecular complexity index is 299. The standard InChI is InChI=1S/C10H14N2O2S/c1-2-8(15-5-1)10-11-9(12-14-10)7-3-4-13-6-7/h7-8H,1-6H2/t7-,8-/m1/s1. The molecule has 5 heteroatoms. The Kier molecular flexibility index (Phi) is 2.66. The second-order valence-corrected chi connectivity index (χ2v) is 5.36. The van der Waals surface area contributed by atoms with Gasteiger partial charge in [-0.15, -0.1) is 11.8 Å². The minimum Gasteiger partial charge on any atom is -0.381 e. The van der Waals surface area contributed by atoms with E-state index in [1.807, 2.05) is 11.8 Å². The van der Waals surface area contributed by atoms with Crippen LogP contribution in [-0.4, -0.2) is 29.1 Å². The van der Waals surface area contributed by atoms with Crippen molar-refractivity contribution in [2.45, 2.75) is 30.4 Å². The summed E-state index contributed by atoms with van der Waals surface area (Å²) in [7, 11) is 0. The van der Waals surface area contributed by atoms with E-state index in [9.17, 15) is 0 Å². The first-order valence-corrected chi connectivity index (χ1v) is 6.51. The van der Waals surface area contributed by atoms with Gasteiger partial charge in [-0.3, -0.25) is 0 Å². The Balaban J connectivity index is 1.74. The molecule has 2 saturated heterocycles. The SMILES string of the molecule is C1CS[C@@H](c2nc([C@@H]3CCOC3)no2)C1. The Labute approximate surface area is 92.8 Å². The van der Waals surface area contributed by atoms with Gasteiger partial charge in [-0.05, 0) is 25.0 Å². The molecule has 0 N–H and O–H groups in total. The molecule has 0 saturated carbocycles. The maximum absolute atomic E-state index is 5.32. The average Bonchev–Trinajstić information content (AvgIpc) is 3.02. The molecule has 3 rings (SSSR count). The van der Waals surface area contributed by atoms with Crippen LogP contribution in [-0.2, 0) is 4.74 Å². The lowest BCUT2D eigenvalue weighted by atomic mass is 10.1. The Morgan fingerprint density at radius 2 is 2.33 bits per heavy atom. The molecule has 0 amide bonds. The van der Waals surface area contributed by atoms with Crippen LogP contribution in [0.25, 0.3) is 0 Å². The van der Waals surface area contributed by atoms with Crippen LogP contribution in [0.5, 0.6) is 0 Å². The molecule has 0 bridgehead atoms. The fraction of sp³-hybridized carbons (Fsp3) is 0.800. The van der Waals surface area contributed by atoms with Gasteiger partial charge in [-0.25, -0.2) is 0 Å². The summed E-state index contributed by atoms with van der Waals surface area (Å²) >= 11 is 1.92. The first kappa shape index (κ1) is 9.66. The maximum atomic E-state index is 5.32. The zero-order valence-electron chi connectivity index (χ0n) is 8.52. The van der Waals surface area contributed by atoms with E-state index in [1.165, 1.54) is 18.6 Å². The predicted molar refractivity (Wildman–Crippen MR) is 56.9 cm³/mol. The van der Waals surface area contributed by atoms with Crippen molar-refractivity contribution in [2.75, 3.05) is 19.0 Å². The van der Waals surface area contributed by atoms with E-state index in [1.54, 1.807) is 0 Å². The van der Waals surface area contributed by atoms with E-state index >= 15 is 0 Å². The van der Waals surface area contributed by atoms with Gasteiger partial charge in [0.1, 0.15) is 0 Å². The number of nitrogens with zero attached hydrogens (tertiary/aromatic N) is 2. The van der Waals surface area contributed by atoms with Crippen LogP contribution >= 0.6 is 11.8 Å². The molecule has 1 aromatic rings. The zero-order chi connectivity index (χ0) is 10.1. The van der Waals surface area contributed by atoms with Crippen molar-refractivity contribution in [3.05, 3.63) is 11.7 Å². The highest BCUT2D eigenvalue weighted by atomic mass is 32.2. The molecule has 15 heavy (non-hydrogen) atoms. The summed E-state index contributed by atoms with van der Waals surface area (Å²) in [6, 6.07) is 0. The molecule has 3 heterocycles. The summed E-state index contributed by atoms with van der Waals surface area (Å²) in [5, 5.41) is 4.50. The minimum atomic E-state index is 0.355. The lowest BCUT2D eigenvalue weighted by Gasteiger charge is -2.00. The number of thioether (sulfide) groups is 1. The quantitative estimate of drug-likeness (QED) is 0.773. The van der Waals surface area contributed by atoms with Gasteiger partial charge < -0.3 is 9.26 Å². The fourth-order valence-electron chi connectivity index (χ4n) is 2.05. The van der Waals surface area contributed by atoms with Crippen LogP contribution in [0.15, 0.2) is 4.52 Å². The molecule has 0 aromatic carbocycles. The van der Waals surface area contributed by atoms with Crippen molar-refractivity contribution in [2.24, 2.45) is 0 Å². The Morgan fingerprint density at radius 3 is 3.07 bits per heavy atom. The molecule has 1 aromatic heterocycles. The molecule has 2 atom stereocenters. The number of aromatic nitrogens is 2. The normalized spacial score (nSPS) is 31.2. The third-order valence-electron chi connectivity index (χ3n) is 2.96. The number of ether oxygens (including phenoxy) is 1. The molecular formula is C10H14N2O2S. The number of hydrogen-bond donors (Lipinski definition) is 0. The molecule has 2 aliphatic heterocycles. The smallest absolute Gasteiger partial charge is 0.239 e. The van der Waals surface area contributed by atoms with Crippen LogP contribution in [0.3, 0.4) is 0 Å². The fourth-order valence-corrected chi connectivity index (χ4v) is 3.24. The van der Waals surface area contributed by atoms with Gasteiger partial charge in [0.15, 0.2) is 5.82 Å². The monoisotopic (exact) mass is 226 g/mol. The molecule has 2 aliphatic rings. The van der Waals surface area contributed by atoms with Gasteiger partial charge in [-0.2, -0.15) is 4.98 Å². The van der Waals surface area contributed by atoms with E-state index in [0.29, 0.717) is 11.2 Å². The molecule has 0 unspecified atom stereocenters. The molecular weight excluding hydrogens is 212 g/mol. The van der Waals surface area contributed by atoms with Crippen molar-refractivity contribution in [1.29, 1.82) is 0 Å². The van der Waals surface area contributed by atoms with Crippen molar-refractivity contribution in [1.82, 2.24) is 10.1 Å². The van der Waals surface area contributed by atoms with Crippen LogP contribution in [0.1, 0.15) is 42.1 Å². The van der Waals surface area contributed by atoms with Crippen molar-refractivity contribution in [3.63, 3.8) is 0 Å². The van der Waals surface area contributed by atoms with Gasteiger partial charge in [0.25, 0.3) is 0 Å². The third-order valence-corrected chi connectivity index (χ3v) is 4.32. The minimum absolute atomic E-state index is 0.355. The molecule has 0 spiro atoms. The first-order chi connectivity index (χ1) is 7.43. The second kappa shape index (κ2) is 4.14. The van der Waals surface area contributed by atoms with Crippen LogP contribution < -0.4 is 0 Å². The molecule has 82 valence electrons. The number of rotatable bonds is 2. The molecule has 0 aliphatic carbocycles. The van der Waals surface area contributed by atoms with E-state index < -0.39 is 0 Å². The molecule has 4 nitrogen and oxygen atoms in total. The summed E-state index contributed by atoms with van der Waals surface area (Å²) < 4.78 is 10.6. The van der Waals surface area contributed by atoms with Gasteiger partial charge in [0.05, 0.1) is 11.9 Å². The van der Waals surface area contributed by atoms with Crippen molar-refractivity contribution in [3.8, 4) is 0 Å². The molecule has 2 fully saturated rings. The Morgan fingerprint density at radius 1 is 1.33 bits per heavy atom. The van der Waals surface area contributed by atoms with Crippen LogP contribution in [0.2, 0.25) is 0 Å². The van der Waals surface area contributed by atoms with E-state index in [0.717, 1.165) is 31.3 Å². The van der Waals surface area contributed by atoms with E-state index in [2.05, 4.69) is 10.1 Å². The van der Waals surface area contributed by atoms with E-state index in [-0.39, 0.29) is 0 Å². The van der Waals surface area contributed by atoms with Crippen molar-refractivity contribution >= 4 is 11.8 Å². The first-order valence-electron chi connectivity index (χ1n) is 5.46. The van der Waals surface area contributed by atoms with E-state index in [4.69, 9.17) is 9.26 Å². The number of hydrogen-bond acceptors (Lipinski definition) is 5. The molecule has 0 radical (unpaired) electrons. The third kappa shape index (κ3) is 1.90. The summed E-state index contributed by atoms with van der Waals surface area (Å²) in [5.74, 6) is 3.23. The van der Waals surface area contributed by atoms with Gasteiger partial charge in [-0.1, -0.05) is 5.16 Å². The second-order valence-electron chi connectivity index (χ2n) is 4.05. The van der Waals surface area contributed by atoms with Gasteiger partial charge in [0, 0.05) is 12.5 Å². The summed E-state index contributed by atoms with van der Waals surface area (Å²) in [4.78, 5) is 4.50. The topological polar surface area (TPSA) is 48.2 Å². The lowest BCUT2D eigenvalue weighted by molar-refractivity contribution is 0.192. The van der Waals surface area contributed by atoms with Crippen LogP contribution in [0.4, 0.5) is 0 Å². The van der Waals surface area contributed by atoms with Gasteiger partial charge in [0.2, 0.25) is 5.89 Å². The maximum Gasteiger partial charge on any atom is 0.239 e. The largest absolute Gasteiger partial charge is 0.381 e. The van der Waals surface area contributed by atoms with Crippen molar-refractivity contribution < 1.29 is 9.26 Å². The zero-order valence-corrected chi connectivity index (χ0v) is 9.33. The predicted octanol–water partition coefficient (Wildman–Crippen LogP) is 2.14. The lowest BCUT2D eigenvalue weighted by Crippen LogP contribution is -2.00. The Hall–Kier alpha value is -0.550. The van der Waals surface area contributed by atoms with Crippen LogP contribution in [0, 0.1) is 0 Å². The highest BCUT2D eigenvalue weighted by molar-refractivity contribution is 7.99. The highest BCUT2D eigenvalue weighted by Crippen LogP contribution is 2.39.